The van der Waals surface area contributed by atoms with Crippen molar-refractivity contribution >= 4 is 34.1 Å². The number of aromatic amines is 1. The molecule has 0 aliphatic rings. The van der Waals surface area contributed by atoms with Crippen LogP contribution in [-0.2, 0) is 4.79 Å². The molecular formula is C19H17N5OS. The number of amides is 1. The summed E-state index contributed by atoms with van der Waals surface area (Å²) in [5.41, 5.74) is 6.61. The lowest BCUT2D eigenvalue weighted by Gasteiger charge is -2.06. The number of fused-ring (bicyclic) bond motifs is 1. The van der Waals surface area contributed by atoms with Gasteiger partial charge >= 0.3 is 0 Å². The third-order valence-corrected chi connectivity index (χ3v) is 4.77. The van der Waals surface area contributed by atoms with Crippen molar-refractivity contribution in [2.45, 2.75) is 20.8 Å². The maximum atomic E-state index is 11.4. The number of carbonyl (C=O) groups excluding carboxylic acids is 1. The molecule has 0 saturated heterocycles. The SMILES string of the molecule is CC(=O)Nc1cc(-c2[nH]c3cc(C)cnc3c2-c2csc(C)n2)ccn1. The van der Waals surface area contributed by atoms with Gasteiger partial charge in [-0.15, -0.1) is 11.3 Å². The van der Waals surface area contributed by atoms with E-state index in [1.807, 2.05) is 37.6 Å². The Hall–Kier alpha value is -3.06. The summed E-state index contributed by atoms with van der Waals surface area (Å²) in [4.78, 5) is 28.3. The summed E-state index contributed by atoms with van der Waals surface area (Å²) in [6.45, 7) is 5.47. The molecule has 26 heavy (non-hydrogen) atoms. The lowest BCUT2D eigenvalue weighted by atomic mass is 10.1. The van der Waals surface area contributed by atoms with E-state index in [1.54, 1.807) is 17.5 Å². The molecule has 7 heteroatoms. The van der Waals surface area contributed by atoms with Crippen molar-refractivity contribution in [2.24, 2.45) is 0 Å². The second-order valence-electron chi connectivity index (χ2n) is 6.15. The normalized spacial score (nSPS) is 11.0. The maximum Gasteiger partial charge on any atom is 0.222 e. The van der Waals surface area contributed by atoms with E-state index in [-0.39, 0.29) is 5.91 Å². The highest BCUT2D eigenvalue weighted by molar-refractivity contribution is 7.09. The van der Waals surface area contributed by atoms with Gasteiger partial charge in [-0.3, -0.25) is 9.78 Å². The number of H-pyrrole nitrogens is 1. The Morgan fingerprint density at radius 1 is 1.23 bits per heavy atom. The zero-order chi connectivity index (χ0) is 18.3. The van der Waals surface area contributed by atoms with Gasteiger partial charge in [0.25, 0.3) is 0 Å². The lowest BCUT2D eigenvalue weighted by molar-refractivity contribution is -0.114. The average Bonchev–Trinajstić information content (AvgIpc) is 3.17. The molecule has 4 rings (SSSR count). The van der Waals surface area contributed by atoms with Crippen molar-refractivity contribution in [3.05, 3.63) is 46.5 Å². The van der Waals surface area contributed by atoms with Gasteiger partial charge in [0, 0.05) is 30.3 Å². The van der Waals surface area contributed by atoms with Crippen LogP contribution in [0.4, 0.5) is 5.82 Å². The predicted molar refractivity (Wildman–Crippen MR) is 104 cm³/mol. The van der Waals surface area contributed by atoms with Crippen LogP contribution in [-0.4, -0.2) is 25.8 Å². The third kappa shape index (κ3) is 2.97. The fourth-order valence-electron chi connectivity index (χ4n) is 2.96. The van der Waals surface area contributed by atoms with Gasteiger partial charge in [-0.05, 0) is 37.6 Å². The van der Waals surface area contributed by atoms with E-state index in [0.717, 1.165) is 44.1 Å². The van der Waals surface area contributed by atoms with Crippen LogP contribution in [0.2, 0.25) is 0 Å². The molecule has 6 nitrogen and oxygen atoms in total. The first-order valence-corrected chi connectivity index (χ1v) is 9.04. The van der Waals surface area contributed by atoms with Crippen molar-refractivity contribution in [1.29, 1.82) is 0 Å². The molecule has 0 aromatic carbocycles. The van der Waals surface area contributed by atoms with Crippen LogP contribution in [0.15, 0.2) is 36.0 Å². The number of anilines is 1. The number of hydrogen-bond acceptors (Lipinski definition) is 5. The van der Waals surface area contributed by atoms with Crippen molar-refractivity contribution < 1.29 is 4.79 Å². The Labute approximate surface area is 154 Å². The van der Waals surface area contributed by atoms with E-state index in [4.69, 9.17) is 0 Å². The average molecular weight is 363 g/mol. The molecule has 0 fully saturated rings. The van der Waals surface area contributed by atoms with Crippen molar-refractivity contribution in [3.63, 3.8) is 0 Å². The number of pyridine rings is 2. The van der Waals surface area contributed by atoms with Crippen LogP contribution in [0, 0.1) is 13.8 Å². The molecule has 1 amide bonds. The number of thiazole rings is 1. The molecule has 0 radical (unpaired) electrons. The van der Waals surface area contributed by atoms with E-state index in [1.165, 1.54) is 6.92 Å². The summed E-state index contributed by atoms with van der Waals surface area (Å²) in [5.74, 6) is 0.358. The fraction of sp³-hybridized carbons (Fsp3) is 0.158. The Kier molecular flexibility index (Phi) is 4.00. The molecule has 0 atom stereocenters. The maximum absolute atomic E-state index is 11.4. The zero-order valence-electron chi connectivity index (χ0n) is 14.6. The number of hydrogen-bond donors (Lipinski definition) is 2. The van der Waals surface area contributed by atoms with Crippen LogP contribution in [0.3, 0.4) is 0 Å². The highest BCUT2D eigenvalue weighted by atomic mass is 32.1. The molecule has 4 aromatic heterocycles. The topological polar surface area (TPSA) is 83.6 Å². The van der Waals surface area contributed by atoms with Crippen molar-refractivity contribution in [2.75, 3.05) is 5.32 Å². The summed E-state index contributed by atoms with van der Waals surface area (Å²) in [7, 11) is 0. The van der Waals surface area contributed by atoms with Gasteiger partial charge < -0.3 is 10.3 Å². The molecule has 130 valence electrons. The number of nitrogens with zero attached hydrogens (tertiary/aromatic N) is 3. The minimum atomic E-state index is -0.154. The van der Waals surface area contributed by atoms with Crippen LogP contribution in [0.1, 0.15) is 17.5 Å². The first-order valence-electron chi connectivity index (χ1n) is 8.16. The van der Waals surface area contributed by atoms with Gasteiger partial charge in [0.15, 0.2) is 0 Å². The summed E-state index contributed by atoms with van der Waals surface area (Å²) >= 11 is 1.61. The van der Waals surface area contributed by atoms with Gasteiger partial charge in [-0.1, -0.05) is 0 Å². The molecule has 4 heterocycles. The zero-order valence-corrected chi connectivity index (χ0v) is 15.4. The smallest absolute Gasteiger partial charge is 0.222 e. The van der Waals surface area contributed by atoms with Crippen LogP contribution < -0.4 is 5.32 Å². The van der Waals surface area contributed by atoms with Gasteiger partial charge in [-0.25, -0.2) is 9.97 Å². The van der Waals surface area contributed by atoms with E-state index >= 15 is 0 Å². The first kappa shape index (κ1) is 16.4. The van der Waals surface area contributed by atoms with Crippen molar-refractivity contribution in [1.82, 2.24) is 19.9 Å². The second-order valence-corrected chi connectivity index (χ2v) is 7.21. The number of aromatic nitrogens is 4. The minimum Gasteiger partial charge on any atom is -0.353 e. The molecule has 0 saturated carbocycles. The summed E-state index contributed by atoms with van der Waals surface area (Å²) in [6, 6.07) is 5.83. The van der Waals surface area contributed by atoms with E-state index in [9.17, 15) is 4.79 Å². The summed E-state index contributed by atoms with van der Waals surface area (Å²) < 4.78 is 0. The van der Waals surface area contributed by atoms with E-state index < -0.39 is 0 Å². The summed E-state index contributed by atoms with van der Waals surface area (Å²) in [5, 5.41) is 5.77. The van der Waals surface area contributed by atoms with Crippen molar-refractivity contribution in [3.8, 4) is 22.5 Å². The molecule has 2 N–H and O–H groups in total. The predicted octanol–water partition coefficient (Wildman–Crippen LogP) is 4.32. The monoisotopic (exact) mass is 363 g/mol. The van der Waals surface area contributed by atoms with E-state index in [0.29, 0.717) is 5.82 Å². The molecule has 0 unspecified atom stereocenters. The number of rotatable bonds is 3. The third-order valence-electron chi connectivity index (χ3n) is 4.00. The second kappa shape index (κ2) is 6.34. The minimum absolute atomic E-state index is 0.154. The van der Waals surface area contributed by atoms with Crippen LogP contribution in [0.25, 0.3) is 33.5 Å². The van der Waals surface area contributed by atoms with Crippen LogP contribution >= 0.6 is 11.3 Å². The van der Waals surface area contributed by atoms with Gasteiger partial charge in [-0.2, -0.15) is 0 Å². The summed E-state index contributed by atoms with van der Waals surface area (Å²) in [6.07, 6.45) is 3.54. The van der Waals surface area contributed by atoms with Gasteiger partial charge in [0.1, 0.15) is 5.82 Å². The molecule has 0 aliphatic carbocycles. The lowest BCUT2D eigenvalue weighted by Crippen LogP contribution is -2.07. The first-order chi connectivity index (χ1) is 12.5. The Morgan fingerprint density at radius 2 is 2.08 bits per heavy atom. The number of aryl methyl sites for hydroxylation is 2. The molecule has 0 spiro atoms. The Morgan fingerprint density at radius 3 is 2.81 bits per heavy atom. The standard InChI is InChI=1S/C19H17N5OS/c1-10-6-14-19(21-8-10)17(15-9-26-12(3)23-15)18(24-14)13-4-5-20-16(7-13)22-11(2)25/h4-9,24H,1-3H3,(H,20,22,25). The highest BCUT2D eigenvalue weighted by Gasteiger charge is 2.19. The molecule has 0 aliphatic heterocycles. The van der Waals surface area contributed by atoms with E-state index in [2.05, 4.69) is 31.3 Å². The quantitative estimate of drug-likeness (QED) is 0.568. The number of nitrogens with one attached hydrogen (secondary N) is 2. The number of carbonyl (C=O) groups is 1. The molecule has 0 bridgehead atoms. The van der Waals surface area contributed by atoms with Gasteiger partial charge in [0.05, 0.1) is 33.0 Å². The Balaban J connectivity index is 1.96. The molecule has 4 aromatic rings. The van der Waals surface area contributed by atoms with Gasteiger partial charge in [0.2, 0.25) is 5.91 Å². The highest BCUT2D eigenvalue weighted by Crippen LogP contribution is 2.38. The fourth-order valence-corrected chi connectivity index (χ4v) is 3.56. The van der Waals surface area contributed by atoms with Crippen LogP contribution in [0.5, 0.6) is 0 Å². The Bertz CT molecular complexity index is 1130. The largest absolute Gasteiger partial charge is 0.353 e. The molecular weight excluding hydrogens is 346 g/mol.